The molecule has 0 radical (unpaired) electrons. The maximum absolute atomic E-state index is 11.9. The molecular formula is C16H31N3O4. The molecule has 2 amide bonds. The summed E-state index contributed by atoms with van der Waals surface area (Å²) >= 11 is 0. The minimum Gasteiger partial charge on any atom is -0.444 e. The lowest BCUT2D eigenvalue weighted by Crippen LogP contribution is -2.47. The maximum Gasteiger partial charge on any atom is 0.407 e. The van der Waals surface area contributed by atoms with Gasteiger partial charge in [-0.25, -0.2) is 4.79 Å². The van der Waals surface area contributed by atoms with Gasteiger partial charge in [0.1, 0.15) is 5.60 Å². The second kappa shape index (κ2) is 9.72. The quantitative estimate of drug-likeness (QED) is 0.644. The predicted octanol–water partition coefficient (Wildman–Crippen LogP) is 0.864. The number of amides is 2. The number of carbonyl (C=O) groups excluding carboxylic acids is 2. The van der Waals surface area contributed by atoms with E-state index in [-0.39, 0.29) is 31.5 Å². The van der Waals surface area contributed by atoms with Gasteiger partial charge in [0.15, 0.2) is 0 Å². The summed E-state index contributed by atoms with van der Waals surface area (Å²) in [5, 5.41) is 14.8. The SMILES string of the molecule is CC(C)(C)OC(=O)NCCC(=O)NC(CO)CN1CCCCC1. The fourth-order valence-electron chi connectivity index (χ4n) is 2.49. The van der Waals surface area contributed by atoms with Crippen molar-refractivity contribution in [2.45, 2.75) is 58.1 Å². The molecule has 1 unspecified atom stereocenters. The molecule has 1 heterocycles. The number of aliphatic hydroxyl groups excluding tert-OH is 1. The maximum atomic E-state index is 11.9. The molecule has 0 bridgehead atoms. The smallest absolute Gasteiger partial charge is 0.407 e. The van der Waals surface area contributed by atoms with Gasteiger partial charge in [-0.2, -0.15) is 0 Å². The Balaban J connectivity index is 2.21. The highest BCUT2D eigenvalue weighted by Crippen LogP contribution is 2.09. The van der Waals surface area contributed by atoms with Gasteiger partial charge in [-0.3, -0.25) is 4.79 Å². The number of hydrogen-bond acceptors (Lipinski definition) is 5. The number of hydrogen-bond donors (Lipinski definition) is 3. The van der Waals surface area contributed by atoms with E-state index in [0.717, 1.165) is 13.1 Å². The lowest BCUT2D eigenvalue weighted by molar-refractivity contribution is -0.122. The van der Waals surface area contributed by atoms with Crippen LogP contribution in [0.4, 0.5) is 4.79 Å². The summed E-state index contributed by atoms with van der Waals surface area (Å²) < 4.78 is 5.09. The molecule has 1 atom stereocenters. The molecule has 134 valence electrons. The van der Waals surface area contributed by atoms with Crippen molar-refractivity contribution in [1.29, 1.82) is 0 Å². The van der Waals surface area contributed by atoms with Gasteiger partial charge in [0.25, 0.3) is 0 Å². The third-order valence-corrected chi connectivity index (χ3v) is 3.53. The zero-order valence-corrected chi connectivity index (χ0v) is 14.6. The van der Waals surface area contributed by atoms with E-state index in [0.29, 0.717) is 6.54 Å². The first-order valence-electron chi connectivity index (χ1n) is 8.39. The monoisotopic (exact) mass is 329 g/mol. The van der Waals surface area contributed by atoms with Crippen LogP contribution in [0, 0.1) is 0 Å². The van der Waals surface area contributed by atoms with Crippen LogP contribution in [-0.2, 0) is 9.53 Å². The Hall–Kier alpha value is -1.34. The normalized spacial score (nSPS) is 17.4. The van der Waals surface area contributed by atoms with Gasteiger partial charge in [-0.1, -0.05) is 6.42 Å². The number of alkyl carbamates (subject to hydrolysis) is 1. The number of nitrogens with zero attached hydrogens (tertiary/aromatic N) is 1. The van der Waals surface area contributed by atoms with Crippen LogP contribution >= 0.6 is 0 Å². The van der Waals surface area contributed by atoms with Gasteiger partial charge in [0, 0.05) is 19.5 Å². The van der Waals surface area contributed by atoms with E-state index in [1.54, 1.807) is 20.8 Å². The Morgan fingerprint density at radius 3 is 2.43 bits per heavy atom. The van der Waals surface area contributed by atoms with Gasteiger partial charge in [0.05, 0.1) is 12.6 Å². The molecule has 3 N–H and O–H groups in total. The molecular weight excluding hydrogens is 298 g/mol. The van der Waals surface area contributed by atoms with Crippen molar-refractivity contribution >= 4 is 12.0 Å². The van der Waals surface area contributed by atoms with Crippen molar-refractivity contribution < 1.29 is 19.4 Å². The third-order valence-electron chi connectivity index (χ3n) is 3.53. The van der Waals surface area contributed by atoms with Crippen LogP contribution in [0.15, 0.2) is 0 Å². The molecule has 23 heavy (non-hydrogen) atoms. The highest BCUT2D eigenvalue weighted by Gasteiger charge is 2.18. The molecule has 0 aromatic rings. The molecule has 0 spiro atoms. The number of nitrogens with one attached hydrogen (secondary N) is 2. The Kier molecular flexibility index (Phi) is 8.33. The van der Waals surface area contributed by atoms with Crippen molar-refractivity contribution in [2.75, 3.05) is 32.8 Å². The Bertz CT molecular complexity index is 376. The van der Waals surface area contributed by atoms with Crippen molar-refractivity contribution in [3.8, 4) is 0 Å². The number of rotatable bonds is 7. The summed E-state index contributed by atoms with van der Waals surface area (Å²) in [4.78, 5) is 25.6. The molecule has 1 saturated heterocycles. The average molecular weight is 329 g/mol. The van der Waals surface area contributed by atoms with E-state index in [1.165, 1.54) is 19.3 Å². The van der Waals surface area contributed by atoms with Gasteiger partial charge in [-0.15, -0.1) is 0 Å². The molecule has 1 aliphatic heterocycles. The Morgan fingerprint density at radius 2 is 1.87 bits per heavy atom. The van der Waals surface area contributed by atoms with Crippen LogP contribution in [0.2, 0.25) is 0 Å². The van der Waals surface area contributed by atoms with Crippen molar-refractivity contribution in [1.82, 2.24) is 15.5 Å². The third kappa shape index (κ3) is 9.40. The van der Waals surface area contributed by atoms with Gasteiger partial charge >= 0.3 is 6.09 Å². The lowest BCUT2D eigenvalue weighted by Gasteiger charge is -2.30. The zero-order valence-electron chi connectivity index (χ0n) is 14.6. The lowest BCUT2D eigenvalue weighted by atomic mass is 10.1. The molecule has 1 fully saturated rings. The van der Waals surface area contributed by atoms with Crippen molar-refractivity contribution in [3.63, 3.8) is 0 Å². The fourth-order valence-corrected chi connectivity index (χ4v) is 2.49. The second-order valence-corrected chi connectivity index (χ2v) is 6.99. The molecule has 0 aromatic carbocycles. The second-order valence-electron chi connectivity index (χ2n) is 6.99. The molecule has 1 rings (SSSR count). The first-order chi connectivity index (χ1) is 10.8. The average Bonchev–Trinajstić information content (AvgIpc) is 2.45. The van der Waals surface area contributed by atoms with Gasteiger partial charge in [0.2, 0.25) is 5.91 Å². The van der Waals surface area contributed by atoms with E-state index in [4.69, 9.17) is 4.74 Å². The predicted molar refractivity (Wildman–Crippen MR) is 88.2 cm³/mol. The first kappa shape index (κ1) is 19.7. The van der Waals surface area contributed by atoms with E-state index < -0.39 is 11.7 Å². The highest BCUT2D eigenvalue weighted by atomic mass is 16.6. The minimum absolute atomic E-state index is 0.0816. The van der Waals surface area contributed by atoms with E-state index >= 15 is 0 Å². The number of piperidine rings is 1. The number of likely N-dealkylation sites (tertiary alicyclic amines) is 1. The largest absolute Gasteiger partial charge is 0.444 e. The summed E-state index contributed by atoms with van der Waals surface area (Å²) in [5.74, 6) is -0.183. The number of aliphatic hydroxyl groups is 1. The summed E-state index contributed by atoms with van der Waals surface area (Å²) in [5.41, 5.74) is -0.553. The Morgan fingerprint density at radius 1 is 1.22 bits per heavy atom. The van der Waals surface area contributed by atoms with E-state index in [1.807, 2.05) is 0 Å². The highest BCUT2D eigenvalue weighted by molar-refractivity contribution is 5.77. The standard InChI is InChI=1S/C16H31N3O4/c1-16(2,3)23-15(22)17-8-7-14(21)18-13(12-20)11-19-9-5-4-6-10-19/h13,20H,4-12H2,1-3H3,(H,17,22)(H,18,21). The number of carbonyl (C=O) groups is 2. The first-order valence-corrected chi connectivity index (χ1v) is 8.39. The van der Waals surface area contributed by atoms with Crippen molar-refractivity contribution in [3.05, 3.63) is 0 Å². The summed E-state index contributed by atoms with van der Waals surface area (Å²) in [7, 11) is 0. The topological polar surface area (TPSA) is 90.9 Å². The van der Waals surface area contributed by atoms with E-state index in [9.17, 15) is 14.7 Å². The molecule has 7 heteroatoms. The van der Waals surface area contributed by atoms with E-state index in [2.05, 4.69) is 15.5 Å². The Labute approximate surface area is 138 Å². The van der Waals surface area contributed by atoms with Crippen LogP contribution in [0.25, 0.3) is 0 Å². The molecule has 0 aliphatic carbocycles. The summed E-state index contributed by atoms with van der Waals surface area (Å²) in [6, 6.07) is -0.262. The molecule has 0 aromatic heterocycles. The van der Waals surface area contributed by atoms with Crippen molar-refractivity contribution in [2.24, 2.45) is 0 Å². The van der Waals surface area contributed by atoms with Crippen LogP contribution in [0.1, 0.15) is 46.5 Å². The zero-order chi connectivity index (χ0) is 17.3. The molecule has 7 nitrogen and oxygen atoms in total. The minimum atomic E-state index is -0.553. The fraction of sp³-hybridized carbons (Fsp3) is 0.875. The van der Waals surface area contributed by atoms with Crippen LogP contribution < -0.4 is 10.6 Å². The van der Waals surface area contributed by atoms with Gasteiger partial charge < -0.3 is 25.4 Å². The summed E-state index contributed by atoms with van der Waals surface area (Å²) in [6.45, 7) is 8.19. The van der Waals surface area contributed by atoms with Gasteiger partial charge in [-0.05, 0) is 46.7 Å². The number of ether oxygens (including phenoxy) is 1. The van der Waals surface area contributed by atoms with Crippen LogP contribution in [0.3, 0.4) is 0 Å². The molecule has 1 aliphatic rings. The van der Waals surface area contributed by atoms with Crippen LogP contribution in [0.5, 0.6) is 0 Å². The summed E-state index contributed by atoms with van der Waals surface area (Å²) in [6.07, 6.45) is 3.23. The molecule has 0 saturated carbocycles. The van der Waals surface area contributed by atoms with Crippen LogP contribution in [-0.4, -0.2) is 66.4 Å².